The van der Waals surface area contributed by atoms with Gasteiger partial charge in [-0.25, -0.2) is 8.60 Å². The number of nitrogens with two attached hydrogens (primary N) is 1. The van der Waals surface area contributed by atoms with Gasteiger partial charge in [0.05, 0.1) is 15.7 Å². The lowest BCUT2D eigenvalue weighted by Gasteiger charge is -2.26. The van der Waals surface area contributed by atoms with E-state index < -0.39 is 15.7 Å². The molecule has 0 aliphatic rings. The van der Waals surface area contributed by atoms with Crippen LogP contribution < -0.4 is 5.14 Å². The van der Waals surface area contributed by atoms with E-state index in [1.807, 2.05) is 27.7 Å². The molecule has 0 saturated carbocycles. The molecule has 0 aliphatic carbocycles. The summed E-state index contributed by atoms with van der Waals surface area (Å²) < 4.78 is 25.2. The van der Waals surface area contributed by atoms with Crippen molar-refractivity contribution in [3.05, 3.63) is 33.5 Å². The summed E-state index contributed by atoms with van der Waals surface area (Å²) >= 11 is 3.35. The van der Waals surface area contributed by atoms with E-state index in [2.05, 4.69) is 15.9 Å². The average Bonchev–Trinajstić information content (AvgIpc) is 2.22. The maximum absolute atomic E-state index is 13.4. The lowest BCUT2D eigenvalue weighted by Crippen LogP contribution is -2.33. The summed E-state index contributed by atoms with van der Waals surface area (Å²) in [6.45, 7) is 7.68. The van der Waals surface area contributed by atoms with Crippen molar-refractivity contribution in [3.63, 3.8) is 0 Å². The van der Waals surface area contributed by atoms with Gasteiger partial charge in [-0.15, -0.1) is 0 Å². The second kappa shape index (κ2) is 5.80. The highest BCUT2D eigenvalue weighted by atomic mass is 79.9. The molecular weight excluding hydrogens is 317 g/mol. The van der Waals surface area contributed by atoms with Crippen LogP contribution in [-0.4, -0.2) is 8.96 Å². The van der Waals surface area contributed by atoms with Crippen LogP contribution in [0.25, 0.3) is 0 Å². The first-order chi connectivity index (χ1) is 8.15. The number of halogens is 2. The highest BCUT2D eigenvalue weighted by Gasteiger charge is 2.27. The molecule has 2 nitrogen and oxygen atoms in total. The van der Waals surface area contributed by atoms with Crippen molar-refractivity contribution in [1.29, 1.82) is 0 Å². The monoisotopic (exact) mass is 335 g/mol. The van der Waals surface area contributed by atoms with E-state index >= 15 is 0 Å². The standard InChI is InChI=1S/C13H19BrFNOS/c1-8(7-13(3,4)18(16)17)11-5-10(15)6-12(14)9(11)2/h5-6,8H,7,16H2,1-4H3/t8-,18?/m1/s1. The Bertz CT molecular complexity index is 476. The van der Waals surface area contributed by atoms with Crippen LogP contribution in [0.15, 0.2) is 16.6 Å². The van der Waals surface area contributed by atoms with Gasteiger partial charge < -0.3 is 0 Å². The van der Waals surface area contributed by atoms with Crippen molar-refractivity contribution in [2.24, 2.45) is 5.14 Å². The minimum Gasteiger partial charge on any atom is -0.251 e. The summed E-state index contributed by atoms with van der Waals surface area (Å²) in [6.07, 6.45) is 0.646. The van der Waals surface area contributed by atoms with Crippen LogP contribution in [0.3, 0.4) is 0 Å². The third kappa shape index (κ3) is 3.62. The Morgan fingerprint density at radius 1 is 1.50 bits per heavy atom. The quantitative estimate of drug-likeness (QED) is 0.893. The van der Waals surface area contributed by atoms with Crippen LogP contribution in [-0.2, 0) is 11.0 Å². The molecule has 102 valence electrons. The van der Waals surface area contributed by atoms with Gasteiger partial charge in [0.15, 0.2) is 0 Å². The third-order valence-corrected chi connectivity index (χ3v) is 5.30. The van der Waals surface area contributed by atoms with E-state index in [-0.39, 0.29) is 11.7 Å². The van der Waals surface area contributed by atoms with Gasteiger partial charge in [-0.2, -0.15) is 0 Å². The van der Waals surface area contributed by atoms with Crippen LogP contribution in [0.1, 0.15) is 44.2 Å². The molecule has 5 heteroatoms. The second-order valence-corrected chi connectivity index (χ2v) is 7.82. The molecule has 0 aliphatic heterocycles. The fourth-order valence-corrected chi connectivity index (χ4v) is 2.97. The van der Waals surface area contributed by atoms with Crippen molar-refractivity contribution in [2.45, 2.75) is 44.8 Å². The van der Waals surface area contributed by atoms with Gasteiger partial charge in [-0.1, -0.05) is 22.9 Å². The molecule has 0 bridgehead atoms. The number of hydrogen-bond acceptors (Lipinski definition) is 1. The molecule has 0 fully saturated rings. The van der Waals surface area contributed by atoms with Crippen LogP contribution in [0.5, 0.6) is 0 Å². The number of rotatable bonds is 4. The maximum atomic E-state index is 13.4. The third-order valence-electron chi connectivity index (χ3n) is 3.22. The van der Waals surface area contributed by atoms with Crippen molar-refractivity contribution >= 4 is 26.9 Å². The van der Waals surface area contributed by atoms with Crippen LogP contribution in [0, 0.1) is 12.7 Å². The molecule has 1 unspecified atom stereocenters. The molecule has 0 aromatic heterocycles. The summed E-state index contributed by atoms with van der Waals surface area (Å²) in [5.41, 5.74) is 1.95. The van der Waals surface area contributed by atoms with E-state index in [1.54, 1.807) is 6.07 Å². The zero-order valence-corrected chi connectivity index (χ0v) is 13.5. The first-order valence-corrected chi connectivity index (χ1v) is 7.77. The largest absolute Gasteiger partial charge is 0.251 e. The zero-order chi connectivity index (χ0) is 14.1. The van der Waals surface area contributed by atoms with Crippen molar-refractivity contribution < 1.29 is 8.60 Å². The summed E-state index contributed by atoms with van der Waals surface area (Å²) in [4.78, 5) is 0. The molecule has 0 spiro atoms. The highest BCUT2D eigenvalue weighted by molar-refractivity contribution is 9.10. The first kappa shape index (κ1) is 15.8. The predicted octanol–water partition coefficient (Wildman–Crippen LogP) is 3.79. The predicted molar refractivity (Wildman–Crippen MR) is 78.3 cm³/mol. The van der Waals surface area contributed by atoms with Gasteiger partial charge in [-0.3, -0.25) is 5.14 Å². The van der Waals surface area contributed by atoms with Gasteiger partial charge >= 0.3 is 0 Å². The van der Waals surface area contributed by atoms with E-state index in [0.717, 1.165) is 15.6 Å². The van der Waals surface area contributed by atoms with Crippen LogP contribution in [0.2, 0.25) is 0 Å². The summed E-state index contributed by atoms with van der Waals surface area (Å²) in [7, 11) is -1.39. The fourth-order valence-electron chi connectivity index (χ4n) is 2.11. The van der Waals surface area contributed by atoms with E-state index in [1.165, 1.54) is 6.07 Å². The van der Waals surface area contributed by atoms with Crippen molar-refractivity contribution in [3.8, 4) is 0 Å². The molecule has 0 saturated heterocycles. The van der Waals surface area contributed by atoms with Gasteiger partial charge in [0.2, 0.25) is 0 Å². The Morgan fingerprint density at radius 3 is 2.56 bits per heavy atom. The van der Waals surface area contributed by atoms with Crippen LogP contribution in [0.4, 0.5) is 4.39 Å². The molecule has 2 N–H and O–H groups in total. The fraction of sp³-hybridized carbons (Fsp3) is 0.538. The van der Waals surface area contributed by atoms with E-state index in [0.29, 0.717) is 6.42 Å². The Morgan fingerprint density at radius 2 is 2.06 bits per heavy atom. The van der Waals surface area contributed by atoms with E-state index in [9.17, 15) is 8.60 Å². The van der Waals surface area contributed by atoms with Gasteiger partial charge in [0.25, 0.3) is 0 Å². The van der Waals surface area contributed by atoms with E-state index in [4.69, 9.17) is 5.14 Å². The molecular formula is C13H19BrFNOS. The SMILES string of the molecule is Cc1c(Br)cc(F)cc1[C@H](C)CC(C)(C)S(N)=O. The van der Waals surface area contributed by atoms with Crippen molar-refractivity contribution in [2.75, 3.05) is 0 Å². The molecule has 18 heavy (non-hydrogen) atoms. The van der Waals surface area contributed by atoms with Crippen LogP contribution >= 0.6 is 15.9 Å². The molecule has 2 atom stereocenters. The maximum Gasteiger partial charge on any atom is 0.124 e. The van der Waals surface area contributed by atoms with Gasteiger partial charge in [0, 0.05) is 4.47 Å². The number of hydrogen-bond donors (Lipinski definition) is 1. The topological polar surface area (TPSA) is 43.1 Å². The Hall–Kier alpha value is -0.260. The Labute approximate surface area is 119 Å². The molecule has 0 heterocycles. The molecule has 0 radical (unpaired) electrons. The average molecular weight is 336 g/mol. The smallest absolute Gasteiger partial charge is 0.124 e. The summed E-state index contributed by atoms with van der Waals surface area (Å²) in [5.74, 6) is -0.166. The minimum absolute atomic E-state index is 0.0968. The van der Waals surface area contributed by atoms with Crippen molar-refractivity contribution in [1.82, 2.24) is 0 Å². The lowest BCUT2D eigenvalue weighted by atomic mass is 9.89. The Balaban J connectivity index is 3.05. The number of benzene rings is 1. The lowest BCUT2D eigenvalue weighted by molar-refractivity contribution is 0.535. The summed E-state index contributed by atoms with van der Waals surface area (Å²) in [5, 5.41) is 5.48. The molecule has 1 aromatic rings. The normalized spacial score (nSPS) is 15.5. The molecule has 0 amide bonds. The van der Waals surface area contributed by atoms with Gasteiger partial charge in [-0.05, 0) is 56.4 Å². The summed E-state index contributed by atoms with van der Waals surface area (Å²) in [6, 6.07) is 3.00. The molecule has 1 rings (SSSR count). The Kier molecular flexibility index (Phi) is 5.09. The molecule has 1 aromatic carbocycles. The first-order valence-electron chi connectivity index (χ1n) is 5.77. The second-order valence-electron chi connectivity index (χ2n) is 5.26. The minimum atomic E-state index is -1.39. The van der Waals surface area contributed by atoms with Gasteiger partial charge in [0.1, 0.15) is 5.82 Å². The zero-order valence-electron chi connectivity index (χ0n) is 11.1. The highest BCUT2D eigenvalue weighted by Crippen LogP contribution is 2.33.